The molecule has 4 rings (SSSR count). The van der Waals surface area contributed by atoms with Gasteiger partial charge in [0.05, 0.1) is 0 Å². The minimum atomic E-state index is -1.05. The predicted octanol–water partition coefficient (Wildman–Crippen LogP) is 5.31. The second kappa shape index (κ2) is 9.69. The zero-order valence-electron chi connectivity index (χ0n) is 18.1. The van der Waals surface area contributed by atoms with Gasteiger partial charge in [-0.15, -0.1) is 0 Å². The fourth-order valence-electron chi connectivity index (χ4n) is 4.43. The number of carboxylic acids is 1. The molecule has 3 aromatic carbocycles. The van der Waals surface area contributed by atoms with E-state index in [1.54, 1.807) is 0 Å². The van der Waals surface area contributed by atoms with Crippen molar-refractivity contribution in [2.45, 2.75) is 38.1 Å². The molecule has 0 radical (unpaired) electrons. The number of carboxylic acid groups (broad SMARTS) is 1. The van der Waals surface area contributed by atoms with Gasteiger partial charge in [0.1, 0.15) is 12.6 Å². The Bertz CT molecular complexity index is 1080. The first-order valence-electron chi connectivity index (χ1n) is 10.9. The van der Waals surface area contributed by atoms with Crippen LogP contribution in [0.15, 0.2) is 72.8 Å². The Kier molecular flexibility index (Phi) is 6.55. The fraction of sp³-hybridized carbons (Fsp3) is 0.259. The molecule has 0 fully saturated rings. The number of ether oxygens (including phenoxy) is 1. The number of alkyl carbamates (subject to hydrolysis) is 1. The van der Waals surface area contributed by atoms with E-state index in [2.05, 4.69) is 17.4 Å². The van der Waals surface area contributed by atoms with Gasteiger partial charge in [0.15, 0.2) is 0 Å². The number of carbonyl (C=O) groups excluding carboxylic acids is 1. The van der Waals surface area contributed by atoms with Crippen LogP contribution in [0.4, 0.5) is 4.79 Å². The lowest BCUT2D eigenvalue weighted by Crippen LogP contribution is -2.41. The summed E-state index contributed by atoms with van der Waals surface area (Å²) in [7, 11) is 0. The number of aliphatic carboxylic acids is 1. The smallest absolute Gasteiger partial charge is 0.407 e. The van der Waals surface area contributed by atoms with Gasteiger partial charge < -0.3 is 15.2 Å². The molecule has 2 N–H and O–H groups in total. The van der Waals surface area contributed by atoms with Crippen molar-refractivity contribution in [3.8, 4) is 11.1 Å². The molecule has 0 heterocycles. The first-order chi connectivity index (χ1) is 15.5. The fourth-order valence-corrected chi connectivity index (χ4v) is 4.43. The molecule has 0 spiro atoms. The van der Waals surface area contributed by atoms with Crippen LogP contribution in [0.25, 0.3) is 11.1 Å². The van der Waals surface area contributed by atoms with Crippen LogP contribution < -0.4 is 5.32 Å². The molecule has 0 aromatic heterocycles. The number of fused-ring (bicyclic) bond motifs is 3. The highest BCUT2D eigenvalue weighted by Gasteiger charge is 2.29. The first kappa shape index (κ1) is 21.6. The minimum Gasteiger partial charge on any atom is -0.480 e. The van der Waals surface area contributed by atoms with Gasteiger partial charge in [-0.25, -0.2) is 9.59 Å². The molecule has 1 aliphatic carbocycles. The maximum Gasteiger partial charge on any atom is 0.407 e. The number of hydrogen-bond acceptors (Lipinski definition) is 3. The molecule has 1 amide bonds. The molecule has 32 heavy (non-hydrogen) atoms. The van der Waals surface area contributed by atoms with Crippen LogP contribution in [0.1, 0.15) is 41.0 Å². The van der Waals surface area contributed by atoms with Gasteiger partial charge in [-0.3, -0.25) is 0 Å². The lowest BCUT2D eigenvalue weighted by molar-refractivity contribution is -0.139. The van der Waals surface area contributed by atoms with E-state index in [0.717, 1.165) is 28.7 Å². The van der Waals surface area contributed by atoms with Crippen molar-refractivity contribution in [2.75, 3.05) is 6.61 Å². The largest absolute Gasteiger partial charge is 0.480 e. The molecule has 164 valence electrons. The molecular weight excluding hydrogens is 402 g/mol. The van der Waals surface area contributed by atoms with Crippen LogP contribution >= 0.6 is 0 Å². The van der Waals surface area contributed by atoms with Gasteiger partial charge in [0.2, 0.25) is 0 Å². The van der Waals surface area contributed by atoms with Gasteiger partial charge in [-0.05, 0) is 59.6 Å². The second-order valence-corrected chi connectivity index (χ2v) is 8.18. The number of benzene rings is 3. The number of aryl methyl sites for hydroxylation is 2. The van der Waals surface area contributed by atoms with E-state index in [4.69, 9.17) is 4.74 Å². The maximum atomic E-state index is 12.4. The van der Waals surface area contributed by atoms with Crippen LogP contribution in [0, 0.1) is 6.92 Å². The highest BCUT2D eigenvalue weighted by Crippen LogP contribution is 2.44. The van der Waals surface area contributed by atoms with Crippen molar-refractivity contribution in [1.29, 1.82) is 0 Å². The third-order valence-electron chi connectivity index (χ3n) is 6.13. The summed E-state index contributed by atoms with van der Waals surface area (Å²) in [5.74, 6) is -1.11. The van der Waals surface area contributed by atoms with E-state index in [1.807, 2.05) is 67.6 Å². The van der Waals surface area contributed by atoms with E-state index in [-0.39, 0.29) is 12.5 Å². The molecule has 0 unspecified atom stereocenters. The van der Waals surface area contributed by atoms with Crippen LogP contribution in [0.2, 0.25) is 0 Å². The van der Waals surface area contributed by atoms with Gasteiger partial charge >= 0.3 is 12.1 Å². The molecule has 0 saturated heterocycles. The van der Waals surface area contributed by atoms with Crippen molar-refractivity contribution in [2.24, 2.45) is 0 Å². The number of amides is 1. The third kappa shape index (κ3) is 4.67. The number of nitrogens with one attached hydrogen (secondary N) is 1. The van der Waals surface area contributed by atoms with Crippen molar-refractivity contribution >= 4 is 12.1 Å². The summed E-state index contributed by atoms with van der Waals surface area (Å²) < 4.78 is 5.49. The quantitative estimate of drug-likeness (QED) is 0.509. The van der Waals surface area contributed by atoms with Gasteiger partial charge in [0.25, 0.3) is 0 Å². The summed E-state index contributed by atoms with van der Waals surface area (Å²) in [6.45, 7) is 2.20. The summed E-state index contributed by atoms with van der Waals surface area (Å²) in [6, 6.07) is 23.3. The van der Waals surface area contributed by atoms with Crippen molar-refractivity contribution in [3.63, 3.8) is 0 Å². The minimum absolute atomic E-state index is 0.0579. The molecule has 5 heteroatoms. The maximum absolute atomic E-state index is 12.4. The van der Waals surface area contributed by atoms with E-state index < -0.39 is 18.1 Å². The molecule has 1 aliphatic rings. The van der Waals surface area contributed by atoms with Crippen molar-refractivity contribution in [3.05, 3.63) is 95.1 Å². The third-order valence-corrected chi connectivity index (χ3v) is 6.13. The zero-order chi connectivity index (χ0) is 22.5. The average molecular weight is 430 g/mol. The van der Waals surface area contributed by atoms with Crippen LogP contribution in [0.3, 0.4) is 0 Å². The van der Waals surface area contributed by atoms with E-state index in [0.29, 0.717) is 12.8 Å². The lowest BCUT2D eigenvalue weighted by Gasteiger charge is -2.17. The highest BCUT2D eigenvalue weighted by molar-refractivity contribution is 5.81. The summed E-state index contributed by atoms with van der Waals surface area (Å²) in [5.41, 5.74) is 6.92. The second-order valence-electron chi connectivity index (χ2n) is 8.18. The monoisotopic (exact) mass is 429 g/mol. The normalized spacial score (nSPS) is 13.2. The number of carbonyl (C=O) groups is 2. The van der Waals surface area contributed by atoms with Crippen LogP contribution in [0.5, 0.6) is 0 Å². The van der Waals surface area contributed by atoms with E-state index in [1.165, 1.54) is 11.1 Å². The number of rotatable bonds is 8. The van der Waals surface area contributed by atoms with Crippen molar-refractivity contribution in [1.82, 2.24) is 5.32 Å². The summed E-state index contributed by atoms with van der Waals surface area (Å²) in [5, 5.41) is 12.1. The number of hydrogen-bond donors (Lipinski definition) is 2. The van der Waals surface area contributed by atoms with Crippen LogP contribution in [-0.4, -0.2) is 29.8 Å². The average Bonchev–Trinajstić information content (AvgIpc) is 3.12. The molecule has 3 aromatic rings. The van der Waals surface area contributed by atoms with E-state index >= 15 is 0 Å². The standard InChI is InChI=1S/C27H27NO4/c1-18-9-2-3-10-19(18)11-8-16-25(26(29)30)28-27(31)32-17-24-22-14-6-4-12-20(22)21-13-5-7-15-23(21)24/h2-7,9-10,12-15,24-25H,8,11,16-17H2,1H3,(H,28,31)(H,29,30)/t25-/m0/s1. The Hall–Kier alpha value is -3.60. The molecule has 1 atom stereocenters. The van der Waals surface area contributed by atoms with Gasteiger partial charge in [0, 0.05) is 5.92 Å². The Balaban J connectivity index is 1.34. The highest BCUT2D eigenvalue weighted by atomic mass is 16.5. The zero-order valence-corrected chi connectivity index (χ0v) is 18.1. The van der Waals surface area contributed by atoms with E-state index in [9.17, 15) is 14.7 Å². The Labute approximate surface area is 188 Å². The Morgan fingerprint density at radius 1 is 0.938 bits per heavy atom. The molecule has 0 aliphatic heterocycles. The molecule has 0 saturated carbocycles. The Morgan fingerprint density at radius 3 is 2.16 bits per heavy atom. The SMILES string of the molecule is Cc1ccccc1CCC[C@H](NC(=O)OCC1c2ccccc2-c2ccccc21)C(=O)O. The van der Waals surface area contributed by atoms with Crippen molar-refractivity contribution < 1.29 is 19.4 Å². The lowest BCUT2D eigenvalue weighted by atomic mass is 9.98. The Morgan fingerprint density at radius 2 is 1.53 bits per heavy atom. The van der Waals surface area contributed by atoms with Gasteiger partial charge in [-0.1, -0.05) is 72.8 Å². The predicted molar refractivity (Wildman–Crippen MR) is 124 cm³/mol. The topological polar surface area (TPSA) is 75.6 Å². The summed E-state index contributed by atoms with van der Waals surface area (Å²) in [4.78, 5) is 24.1. The molecule has 5 nitrogen and oxygen atoms in total. The van der Waals surface area contributed by atoms with Gasteiger partial charge in [-0.2, -0.15) is 0 Å². The van der Waals surface area contributed by atoms with Crippen LogP contribution in [-0.2, 0) is 16.0 Å². The molecule has 0 bridgehead atoms. The summed E-state index contributed by atoms with van der Waals surface area (Å²) >= 11 is 0. The summed E-state index contributed by atoms with van der Waals surface area (Å²) in [6.07, 6.45) is 1.07. The molecular formula is C27H27NO4. The first-order valence-corrected chi connectivity index (χ1v) is 10.9.